The Morgan fingerprint density at radius 3 is 1.93 bits per heavy atom. The van der Waals surface area contributed by atoms with Crippen molar-refractivity contribution in [2.75, 3.05) is 19.0 Å². The zero-order valence-corrected chi connectivity index (χ0v) is 17.7. The fraction of sp³-hybridized carbons (Fsp3) is 0.652. The van der Waals surface area contributed by atoms with Gasteiger partial charge in [-0.2, -0.15) is 5.10 Å². The Morgan fingerprint density at radius 1 is 0.889 bits per heavy atom. The molecule has 0 radical (unpaired) electrons. The van der Waals surface area contributed by atoms with Gasteiger partial charge in [0, 0.05) is 26.2 Å². The average Bonchev–Trinajstić information content (AvgIpc) is 2.66. The van der Waals surface area contributed by atoms with Gasteiger partial charge in [-0.05, 0) is 24.1 Å². The monoisotopic (exact) mass is 373 g/mol. The van der Waals surface area contributed by atoms with Crippen LogP contribution in [0.3, 0.4) is 0 Å². The number of nitrogens with zero attached hydrogens (tertiary/aromatic N) is 2. The number of hydrogen-bond acceptors (Lipinski definition) is 3. The lowest BCUT2D eigenvalue weighted by Crippen LogP contribution is -2.16. The molecule has 1 amide bonds. The Bertz CT molecular complexity index is 523. The van der Waals surface area contributed by atoms with Crippen molar-refractivity contribution >= 4 is 17.8 Å². The third-order valence-corrected chi connectivity index (χ3v) is 4.82. The molecule has 0 atom stereocenters. The number of rotatable bonds is 15. The van der Waals surface area contributed by atoms with Crippen LogP contribution in [-0.2, 0) is 4.79 Å². The van der Waals surface area contributed by atoms with Crippen LogP contribution in [0.15, 0.2) is 29.4 Å². The van der Waals surface area contributed by atoms with Gasteiger partial charge in [0.05, 0.1) is 6.21 Å². The third-order valence-electron chi connectivity index (χ3n) is 4.82. The molecule has 0 fully saturated rings. The quantitative estimate of drug-likeness (QED) is 0.236. The summed E-state index contributed by atoms with van der Waals surface area (Å²) in [7, 11) is 4.02. The smallest absolute Gasteiger partial charge is 0.240 e. The summed E-state index contributed by atoms with van der Waals surface area (Å²) >= 11 is 0. The fourth-order valence-electron chi connectivity index (χ4n) is 3.04. The number of unbranched alkanes of at least 4 members (excludes halogenated alkanes) is 10. The molecule has 1 aromatic carbocycles. The van der Waals surface area contributed by atoms with Crippen LogP contribution < -0.4 is 10.3 Å². The Kier molecular flexibility index (Phi) is 13.1. The minimum Gasteiger partial charge on any atom is -0.378 e. The van der Waals surface area contributed by atoms with Gasteiger partial charge in [0.15, 0.2) is 0 Å². The fourth-order valence-corrected chi connectivity index (χ4v) is 3.04. The molecule has 0 saturated heterocycles. The molecule has 0 aliphatic carbocycles. The summed E-state index contributed by atoms with van der Waals surface area (Å²) in [6.45, 7) is 2.26. The van der Waals surface area contributed by atoms with E-state index in [1.54, 1.807) is 6.21 Å². The van der Waals surface area contributed by atoms with Crippen molar-refractivity contribution < 1.29 is 4.79 Å². The zero-order valence-electron chi connectivity index (χ0n) is 17.7. The summed E-state index contributed by atoms with van der Waals surface area (Å²) in [5.74, 6) is 0.00656. The molecular formula is C23H39N3O. The highest BCUT2D eigenvalue weighted by atomic mass is 16.2. The van der Waals surface area contributed by atoms with Crippen LogP contribution in [-0.4, -0.2) is 26.2 Å². The summed E-state index contributed by atoms with van der Waals surface area (Å²) < 4.78 is 0. The van der Waals surface area contributed by atoms with Crippen LogP contribution in [0.2, 0.25) is 0 Å². The zero-order chi connectivity index (χ0) is 19.7. The molecule has 0 heterocycles. The van der Waals surface area contributed by atoms with E-state index < -0.39 is 0 Å². The van der Waals surface area contributed by atoms with Crippen LogP contribution >= 0.6 is 0 Å². The van der Waals surface area contributed by atoms with Crippen LogP contribution in [0, 0.1) is 0 Å². The molecule has 1 rings (SSSR count). The minimum atomic E-state index is 0.00656. The van der Waals surface area contributed by atoms with Gasteiger partial charge in [-0.3, -0.25) is 4.79 Å². The van der Waals surface area contributed by atoms with Gasteiger partial charge in [0.1, 0.15) is 0 Å². The number of carbonyl (C=O) groups is 1. The first kappa shape index (κ1) is 23.2. The summed E-state index contributed by atoms with van der Waals surface area (Å²) in [6, 6.07) is 8.06. The topological polar surface area (TPSA) is 44.7 Å². The second kappa shape index (κ2) is 15.2. The van der Waals surface area contributed by atoms with E-state index in [0.717, 1.165) is 24.1 Å². The Labute approximate surface area is 166 Å². The lowest BCUT2D eigenvalue weighted by Gasteiger charge is -2.11. The number of carbonyl (C=O) groups excluding carboxylic acids is 1. The first-order valence-electron chi connectivity index (χ1n) is 10.7. The van der Waals surface area contributed by atoms with Crippen molar-refractivity contribution in [2.24, 2.45) is 5.10 Å². The molecule has 0 bridgehead atoms. The second-order valence-electron chi connectivity index (χ2n) is 7.56. The van der Waals surface area contributed by atoms with Crippen molar-refractivity contribution in [3.05, 3.63) is 29.8 Å². The lowest BCUT2D eigenvalue weighted by molar-refractivity contribution is -0.121. The number of anilines is 1. The normalized spacial score (nSPS) is 11.1. The summed E-state index contributed by atoms with van der Waals surface area (Å²) in [5.41, 5.74) is 4.75. The van der Waals surface area contributed by atoms with Crippen molar-refractivity contribution in [1.29, 1.82) is 0 Å². The van der Waals surface area contributed by atoms with Crippen molar-refractivity contribution in [3.63, 3.8) is 0 Å². The van der Waals surface area contributed by atoms with Crippen LogP contribution in [0.1, 0.15) is 89.5 Å². The van der Waals surface area contributed by atoms with Gasteiger partial charge in [-0.1, -0.05) is 83.3 Å². The van der Waals surface area contributed by atoms with Crippen molar-refractivity contribution in [1.82, 2.24) is 5.43 Å². The molecule has 4 heteroatoms. The third kappa shape index (κ3) is 12.2. The second-order valence-corrected chi connectivity index (χ2v) is 7.56. The highest BCUT2D eigenvalue weighted by Crippen LogP contribution is 2.12. The minimum absolute atomic E-state index is 0.00656. The molecule has 1 N–H and O–H groups in total. The van der Waals surface area contributed by atoms with E-state index in [4.69, 9.17) is 0 Å². The number of nitrogens with one attached hydrogen (secondary N) is 1. The number of benzene rings is 1. The molecule has 0 saturated carbocycles. The van der Waals surface area contributed by atoms with Crippen molar-refractivity contribution in [2.45, 2.75) is 84.0 Å². The van der Waals surface area contributed by atoms with Gasteiger partial charge >= 0.3 is 0 Å². The maximum atomic E-state index is 11.8. The molecular weight excluding hydrogens is 334 g/mol. The molecule has 1 aromatic rings. The largest absolute Gasteiger partial charge is 0.378 e. The maximum absolute atomic E-state index is 11.8. The van der Waals surface area contributed by atoms with E-state index >= 15 is 0 Å². The standard InChI is InChI=1S/C23H39N3O/c1-4-5-6-7-8-9-10-11-12-13-14-15-23(27)25-24-20-21-16-18-22(19-17-21)26(2)3/h16-20H,4-15H2,1-3H3,(H,25,27)/b24-20-. The first-order chi connectivity index (χ1) is 13.1. The molecule has 0 spiro atoms. The van der Waals surface area contributed by atoms with E-state index in [0.29, 0.717) is 6.42 Å². The Balaban J connectivity index is 1.99. The summed E-state index contributed by atoms with van der Waals surface area (Å²) in [4.78, 5) is 13.9. The van der Waals surface area contributed by atoms with Gasteiger partial charge in [-0.15, -0.1) is 0 Å². The number of hydrazone groups is 1. The maximum Gasteiger partial charge on any atom is 0.240 e. The van der Waals surface area contributed by atoms with E-state index in [2.05, 4.69) is 22.4 Å². The predicted octanol–water partition coefficient (Wildman–Crippen LogP) is 5.90. The van der Waals surface area contributed by atoms with E-state index in [1.807, 2.05) is 38.4 Å². The summed E-state index contributed by atoms with van der Waals surface area (Å²) in [5, 5.41) is 4.05. The van der Waals surface area contributed by atoms with E-state index in [9.17, 15) is 4.79 Å². The highest BCUT2D eigenvalue weighted by Gasteiger charge is 2.00. The Hall–Kier alpha value is -1.84. The predicted molar refractivity (Wildman–Crippen MR) is 118 cm³/mol. The Morgan fingerprint density at radius 2 is 1.41 bits per heavy atom. The number of hydrogen-bond donors (Lipinski definition) is 1. The highest BCUT2D eigenvalue weighted by molar-refractivity contribution is 5.82. The molecule has 0 unspecified atom stereocenters. The van der Waals surface area contributed by atoms with Crippen LogP contribution in [0.25, 0.3) is 0 Å². The molecule has 152 valence electrons. The van der Waals surface area contributed by atoms with Gasteiger partial charge in [-0.25, -0.2) is 5.43 Å². The van der Waals surface area contributed by atoms with Gasteiger partial charge in [0.2, 0.25) is 5.91 Å². The molecule has 0 aromatic heterocycles. The molecule has 0 aliphatic heterocycles. The van der Waals surface area contributed by atoms with E-state index in [-0.39, 0.29) is 5.91 Å². The van der Waals surface area contributed by atoms with Crippen LogP contribution in [0.5, 0.6) is 0 Å². The SMILES string of the molecule is CCCCCCCCCCCCCC(=O)N/N=C\c1ccc(N(C)C)cc1. The van der Waals surface area contributed by atoms with Crippen LogP contribution in [0.4, 0.5) is 5.69 Å². The van der Waals surface area contributed by atoms with E-state index in [1.165, 1.54) is 57.8 Å². The first-order valence-corrected chi connectivity index (χ1v) is 10.7. The average molecular weight is 374 g/mol. The molecule has 27 heavy (non-hydrogen) atoms. The van der Waals surface area contributed by atoms with Gasteiger partial charge in [0.25, 0.3) is 0 Å². The molecule has 0 aliphatic rings. The van der Waals surface area contributed by atoms with Crippen molar-refractivity contribution in [3.8, 4) is 0 Å². The molecule has 4 nitrogen and oxygen atoms in total. The lowest BCUT2D eigenvalue weighted by atomic mass is 10.1. The number of amides is 1. The van der Waals surface area contributed by atoms with Gasteiger partial charge < -0.3 is 4.90 Å². The summed E-state index contributed by atoms with van der Waals surface area (Å²) in [6.07, 6.45) is 16.5.